The lowest BCUT2D eigenvalue weighted by Gasteiger charge is -2.43. The van der Waals surface area contributed by atoms with Crippen molar-refractivity contribution >= 4 is 11.6 Å². The molecule has 0 saturated heterocycles. The zero-order valence-corrected chi connectivity index (χ0v) is 9.50. The molecule has 3 atom stereocenters. The van der Waals surface area contributed by atoms with Crippen LogP contribution in [0, 0.1) is 0 Å². The lowest BCUT2D eigenvalue weighted by Crippen LogP contribution is -2.53. The van der Waals surface area contributed by atoms with E-state index in [0.717, 1.165) is 19.4 Å². The SMILES string of the molecule is CCCOC1C(Cl)CC1OC1CCC1. The van der Waals surface area contributed by atoms with Crippen LogP contribution in [0.5, 0.6) is 0 Å². The number of rotatable bonds is 5. The number of ether oxygens (including phenoxy) is 2. The Bertz CT molecular complexity index is 182. The van der Waals surface area contributed by atoms with Crippen molar-refractivity contribution in [1.82, 2.24) is 0 Å². The van der Waals surface area contributed by atoms with Gasteiger partial charge >= 0.3 is 0 Å². The second kappa shape index (κ2) is 4.82. The van der Waals surface area contributed by atoms with Crippen molar-refractivity contribution in [2.75, 3.05) is 6.61 Å². The van der Waals surface area contributed by atoms with Crippen molar-refractivity contribution < 1.29 is 9.47 Å². The van der Waals surface area contributed by atoms with Crippen molar-refractivity contribution in [3.63, 3.8) is 0 Å². The fourth-order valence-electron chi connectivity index (χ4n) is 1.88. The third kappa shape index (κ3) is 2.23. The van der Waals surface area contributed by atoms with Crippen molar-refractivity contribution in [2.24, 2.45) is 0 Å². The largest absolute Gasteiger partial charge is 0.374 e. The van der Waals surface area contributed by atoms with Crippen LogP contribution in [0.2, 0.25) is 0 Å². The Labute approximate surface area is 90.9 Å². The molecule has 2 aliphatic carbocycles. The smallest absolute Gasteiger partial charge is 0.100 e. The van der Waals surface area contributed by atoms with E-state index in [1.54, 1.807) is 0 Å². The molecule has 0 radical (unpaired) electrons. The van der Waals surface area contributed by atoms with Gasteiger partial charge in [0.1, 0.15) is 6.10 Å². The average Bonchev–Trinajstić information content (AvgIpc) is 2.09. The predicted molar refractivity (Wildman–Crippen MR) is 56.8 cm³/mol. The molecule has 14 heavy (non-hydrogen) atoms. The van der Waals surface area contributed by atoms with E-state index >= 15 is 0 Å². The van der Waals surface area contributed by atoms with Gasteiger partial charge < -0.3 is 9.47 Å². The quantitative estimate of drug-likeness (QED) is 0.661. The zero-order chi connectivity index (χ0) is 9.97. The van der Waals surface area contributed by atoms with Gasteiger partial charge in [0.05, 0.1) is 17.6 Å². The fraction of sp³-hybridized carbons (Fsp3) is 1.00. The first-order valence-corrected chi connectivity index (χ1v) is 6.16. The van der Waals surface area contributed by atoms with Crippen LogP contribution in [0.3, 0.4) is 0 Å². The van der Waals surface area contributed by atoms with Crippen LogP contribution in [0.25, 0.3) is 0 Å². The van der Waals surface area contributed by atoms with E-state index in [4.69, 9.17) is 21.1 Å². The lowest BCUT2D eigenvalue weighted by atomic mass is 9.89. The summed E-state index contributed by atoms with van der Waals surface area (Å²) in [7, 11) is 0. The van der Waals surface area contributed by atoms with Crippen LogP contribution in [0.4, 0.5) is 0 Å². The molecule has 2 aliphatic rings. The topological polar surface area (TPSA) is 18.5 Å². The molecule has 82 valence electrons. The summed E-state index contributed by atoms with van der Waals surface area (Å²) in [6.07, 6.45) is 6.71. The predicted octanol–water partition coefficient (Wildman–Crippen LogP) is 2.73. The molecular weight excluding hydrogens is 200 g/mol. The van der Waals surface area contributed by atoms with Crippen LogP contribution in [-0.4, -0.2) is 30.3 Å². The molecule has 0 aromatic heterocycles. The standard InChI is InChI=1S/C11H19ClO2/c1-2-6-13-11-9(12)7-10(11)14-8-4-3-5-8/h8-11H,2-7H2,1H3. The summed E-state index contributed by atoms with van der Waals surface area (Å²) < 4.78 is 11.6. The van der Waals surface area contributed by atoms with Crippen molar-refractivity contribution in [1.29, 1.82) is 0 Å². The maximum Gasteiger partial charge on any atom is 0.100 e. The van der Waals surface area contributed by atoms with Gasteiger partial charge in [0.2, 0.25) is 0 Å². The van der Waals surface area contributed by atoms with Crippen molar-refractivity contribution in [3.8, 4) is 0 Å². The highest BCUT2D eigenvalue weighted by Crippen LogP contribution is 2.35. The van der Waals surface area contributed by atoms with Crippen LogP contribution in [0.15, 0.2) is 0 Å². The Balaban J connectivity index is 1.70. The van der Waals surface area contributed by atoms with Gasteiger partial charge in [-0.05, 0) is 32.1 Å². The highest BCUT2D eigenvalue weighted by atomic mass is 35.5. The van der Waals surface area contributed by atoms with Gasteiger partial charge in [-0.1, -0.05) is 6.92 Å². The third-order valence-electron chi connectivity index (χ3n) is 3.11. The van der Waals surface area contributed by atoms with Gasteiger partial charge in [0.15, 0.2) is 0 Å². The Morgan fingerprint density at radius 1 is 1.36 bits per heavy atom. The lowest BCUT2D eigenvalue weighted by molar-refractivity contribution is -0.162. The number of hydrogen-bond acceptors (Lipinski definition) is 2. The molecule has 2 saturated carbocycles. The summed E-state index contributed by atoms with van der Waals surface area (Å²) in [5.41, 5.74) is 0. The zero-order valence-electron chi connectivity index (χ0n) is 8.75. The molecule has 3 unspecified atom stereocenters. The first kappa shape index (κ1) is 10.7. The summed E-state index contributed by atoms with van der Waals surface area (Å²) in [4.78, 5) is 0. The van der Waals surface area contributed by atoms with Crippen LogP contribution in [0.1, 0.15) is 39.0 Å². The van der Waals surface area contributed by atoms with E-state index in [2.05, 4.69) is 6.92 Å². The number of halogens is 1. The average molecular weight is 219 g/mol. The molecule has 0 bridgehead atoms. The maximum atomic E-state index is 6.09. The van der Waals surface area contributed by atoms with Crippen molar-refractivity contribution in [3.05, 3.63) is 0 Å². The molecule has 0 amide bonds. The summed E-state index contributed by atoms with van der Waals surface area (Å²) >= 11 is 6.09. The van der Waals surface area contributed by atoms with Gasteiger partial charge in [-0.15, -0.1) is 11.6 Å². The molecule has 0 aliphatic heterocycles. The van der Waals surface area contributed by atoms with Crippen molar-refractivity contribution in [2.45, 2.75) is 62.7 Å². The minimum Gasteiger partial charge on any atom is -0.374 e. The molecule has 2 rings (SSSR count). The molecule has 0 heterocycles. The highest BCUT2D eigenvalue weighted by Gasteiger charge is 2.43. The first-order chi connectivity index (χ1) is 6.81. The second-order valence-electron chi connectivity index (χ2n) is 4.31. The van der Waals surface area contributed by atoms with Gasteiger partial charge in [0.25, 0.3) is 0 Å². The van der Waals surface area contributed by atoms with Gasteiger partial charge in [-0.25, -0.2) is 0 Å². The van der Waals surface area contributed by atoms with E-state index in [-0.39, 0.29) is 17.6 Å². The molecule has 2 fully saturated rings. The second-order valence-corrected chi connectivity index (χ2v) is 4.88. The number of hydrogen-bond donors (Lipinski definition) is 0. The van der Waals surface area contributed by atoms with E-state index in [9.17, 15) is 0 Å². The minimum absolute atomic E-state index is 0.150. The van der Waals surface area contributed by atoms with E-state index in [1.165, 1.54) is 19.3 Å². The molecule has 0 aromatic rings. The Morgan fingerprint density at radius 2 is 2.14 bits per heavy atom. The van der Waals surface area contributed by atoms with Gasteiger partial charge in [-0.3, -0.25) is 0 Å². The Kier molecular flexibility index (Phi) is 3.69. The van der Waals surface area contributed by atoms with E-state index in [1.807, 2.05) is 0 Å². The molecular formula is C11H19ClO2. The molecule has 2 nitrogen and oxygen atoms in total. The summed E-state index contributed by atoms with van der Waals surface area (Å²) in [5.74, 6) is 0. The molecule has 3 heteroatoms. The third-order valence-corrected chi connectivity index (χ3v) is 3.54. The monoisotopic (exact) mass is 218 g/mol. The van der Waals surface area contributed by atoms with Crippen LogP contribution >= 0.6 is 11.6 Å². The van der Waals surface area contributed by atoms with Gasteiger partial charge in [-0.2, -0.15) is 0 Å². The van der Waals surface area contributed by atoms with Crippen LogP contribution in [-0.2, 0) is 9.47 Å². The molecule has 0 aromatic carbocycles. The van der Waals surface area contributed by atoms with Crippen LogP contribution < -0.4 is 0 Å². The van der Waals surface area contributed by atoms with Gasteiger partial charge in [0, 0.05) is 6.61 Å². The normalized spacial score (nSPS) is 37.7. The summed E-state index contributed by atoms with van der Waals surface area (Å²) in [6, 6.07) is 0. The van der Waals surface area contributed by atoms with E-state index in [0.29, 0.717) is 6.10 Å². The molecule has 0 spiro atoms. The Morgan fingerprint density at radius 3 is 2.64 bits per heavy atom. The minimum atomic E-state index is 0.150. The maximum absolute atomic E-state index is 6.09. The fourth-order valence-corrected chi connectivity index (χ4v) is 2.29. The molecule has 0 N–H and O–H groups in total. The Hall–Kier alpha value is 0.210. The first-order valence-electron chi connectivity index (χ1n) is 5.72. The highest BCUT2D eigenvalue weighted by molar-refractivity contribution is 6.21. The van der Waals surface area contributed by atoms with E-state index < -0.39 is 0 Å². The number of alkyl halides is 1. The summed E-state index contributed by atoms with van der Waals surface area (Å²) in [6.45, 7) is 2.92. The summed E-state index contributed by atoms with van der Waals surface area (Å²) in [5, 5.41) is 0.173.